The summed E-state index contributed by atoms with van der Waals surface area (Å²) < 4.78 is 0. The van der Waals surface area contributed by atoms with Gasteiger partial charge in [-0.1, -0.05) is 19.1 Å². The predicted molar refractivity (Wildman–Crippen MR) is 81.5 cm³/mol. The molecule has 1 aromatic heterocycles. The van der Waals surface area contributed by atoms with Crippen molar-refractivity contribution in [1.29, 1.82) is 0 Å². The number of hydrogen-bond acceptors (Lipinski definition) is 3. The molecule has 1 aliphatic carbocycles. The molecular formula is C16H25N3. The first-order valence-corrected chi connectivity index (χ1v) is 7.30. The maximum Gasteiger partial charge on any atom is 0.129 e. The third kappa shape index (κ3) is 4.06. The van der Waals surface area contributed by atoms with E-state index in [9.17, 15) is 0 Å². The summed E-state index contributed by atoms with van der Waals surface area (Å²) in [5.41, 5.74) is 2.45. The molecule has 0 unspecified atom stereocenters. The highest BCUT2D eigenvalue weighted by Crippen LogP contribution is 2.20. The Bertz CT molecular complexity index is 424. The van der Waals surface area contributed by atoms with Crippen LogP contribution >= 0.6 is 0 Å². The van der Waals surface area contributed by atoms with Gasteiger partial charge in [0.05, 0.1) is 0 Å². The van der Waals surface area contributed by atoms with Crippen LogP contribution in [0.3, 0.4) is 0 Å². The van der Waals surface area contributed by atoms with Crippen molar-refractivity contribution in [1.82, 2.24) is 10.3 Å². The first-order valence-electron chi connectivity index (χ1n) is 7.30. The molecule has 0 bridgehead atoms. The second kappa shape index (κ2) is 6.71. The molecule has 0 aliphatic heterocycles. The molecule has 1 fully saturated rings. The Morgan fingerprint density at radius 1 is 1.47 bits per heavy atom. The topological polar surface area (TPSA) is 28.2 Å². The van der Waals surface area contributed by atoms with E-state index in [0.29, 0.717) is 0 Å². The molecule has 1 aliphatic rings. The maximum atomic E-state index is 4.75. The number of pyridine rings is 1. The van der Waals surface area contributed by atoms with Gasteiger partial charge in [-0.3, -0.25) is 0 Å². The fourth-order valence-corrected chi connectivity index (χ4v) is 2.21. The zero-order chi connectivity index (χ0) is 13.7. The Morgan fingerprint density at radius 3 is 2.84 bits per heavy atom. The molecule has 0 amide bonds. The van der Waals surface area contributed by atoms with Gasteiger partial charge in [-0.25, -0.2) is 4.98 Å². The predicted octanol–water partition coefficient (Wildman–Crippen LogP) is 3.04. The van der Waals surface area contributed by atoms with Gasteiger partial charge < -0.3 is 10.2 Å². The van der Waals surface area contributed by atoms with Crippen LogP contribution in [0.2, 0.25) is 0 Å². The number of rotatable bonds is 8. The Hall–Kier alpha value is -1.35. The molecule has 1 N–H and O–H groups in total. The van der Waals surface area contributed by atoms with E-state index in [1.165, 1.54) is 18.4 Å². The molecule has 1 saturated carbocycles. The molecule has 0 aromatic carbocycles. The molecule has 19 heavy (non-hydrogen) atoms. The molecule has 1 heterocycles. The second-order valence-electron chi connectivity index (χ2n) is 5.30. The zero-order valence-corrected chi connectivity index (χ0v) is 12.2. The van der Waals surface area contributed by atoms with Gasteiger partial charge in [0.15, 0.2) is 0 Å². The molecule has 3 heteroatoms. The highest BCUT2D eigenvalue weighted by Gasteiger charge is 2.20. The minimum Gasteiger partial charge on any atom is -0.353 e. The standard InChI is InChI=1S/C16H25N3/c1-4-10-19(11-5-2)16-9-6-14(13(3)18-16)12-17-15-7-8-15/h4,6,9,15,17H,1,5,7-8,10-12H2,2-3H3. The maximum absolute atomic E-state index is 4.75. The fraction of sp³-hybridized carbons (Fsp3) is 0.562. The zero-order valence-electron chi connectivity index (χ0n) is 12.2. The van der Waals surface area contributed by atoms with E-state index in [4.69, 9.17) is 4.98 Å². The molecule has 0 radical (unpaired) electrons. The van der Waals surface area contributed by atoms with Gasteiger partial charge in [0.1, 0.15) is 5.82 Å². The third-order valence-corrected chi connectivity index (χ3v) is 3.51. The smallest absolute Gasteiger partial charge is 0.129 e. The van der Waals surface area contributed by atoms with Crippen LogP contribution in [-0.4, -0.2) is 24.1 Å². The van der Waals surface area contributed by atoms with Crippen molar-refractivity contribution in [2.75, 3.05) is 18.0 Å². The van der Waals surface area contributed by atoms with Crippen molar-refractivity contribution in [3.63, 3.8) is 0 Å². The van der Waals surface area contributed by atoms with Crippen LogP contribution in [0.4, 0.5) is 5.82 Å². The number of aryl methyl sites for hydroxylation is 1. The highest BCUT2D eigenvalue weighted by atomic mass is 15.2. The van der Waals surface area contributed by atoms with Gasteiger partial charge in [0.25, 0.3) is 0 Å². The second-order valence-corrected chi connectivity index (χ2v) is 5.30. The van der Waals surface area contributed by atoms with Crippen molar-refractivity contribution < 1.29 is 0 Å². The van der Waals surface area contributed by atoms with Crippen LogP contribution < -0.4 is 10.2 Å². The number of nitrogens with zero attached hydrogens (tertiary/aromatic N) is 2. The Morgan fingerprint density at radius 2 is 2.26 bits per heavy atom. The Balaban J connectivity index is 2.04. The summed E-state index contributed by atoms with van der Waals surface area (Å²) in [6.07, 6.45) is 5.72. The summed E-state index contributed by atoms with van der Waals surface area (Å²) in [6, 6.07) is 5.09. The largest absolute Gasteiger partial charge is 0.353 e. The highest BCUT2D eigenvalue weighted by molar-refractivity contribution is 5.42. The van der Waals surface area contributed by atoms with E-state index in [1.807, 2.05) is 6.08 Å². The van der Waals surface area contributed by atoms with E-state index in [1.54, 1.807) is 0 Å². The van der Waals surface area contributed by atoms with Crippen molar-refractivity contribution in [2.24, 2.45) is 0 Å². The van der Waals surface area contributed by atoms with Crippen LogP contribution in [0, 0.1) is 6.92 Å². The van der Waals surface area contributed by atoms with Crippen LogP contribution in [-0.2, 0) is 6.54 Å². The average molecular weight is 259 g/mol. The minimum absolute atomic E-state index is 0.747. The quantitative estimate of drug-likeness (QED) is 0.727. The van der Waals surface area contributed by atoms with Gasteiger partial charge in [-0.05, 0) is 37.8 Å². The normalized spacial score (nSPS) is 14.4. The molecule has 0 spiro atoms. The van der Waals surface area contributed by atoms with Crippen molar-refractivity contribution in [2.45, 2.75) is 45.7 Å². The number of anilines is 1. The van der Waals surface area contributed by atoms with Crippen molar-refractivity contribution in [3.05, 3.63) is 36.0 Å². The monoisotopic (exact) mass is 259 g/mol. The number of aromatic nitrogens is 1. The summed E-state index contributed by atoms with van der Waals surface area (Å²) in [5.74, 6) is 1.06. The molecule has 3 nitrogen and oxygen atoms in total. The van der Waals surface area contributed by atoms with Crippen LogP contribution in [0.1, 0.15) is 37.4 Å². The molecule has 2 rings (SSSR count). The van der Waals surface area contributed by atoms with E-state index < -0.39 is 0 Å². The van der Waals surface area contributed by atoms with Gasteiger partial charge in [-0.15, -0.1) is 6.58 Å². The van der Waals surface area contributed by atoms with E-state index >= 15 is 0 Å². The van der Waals surface area contributed by atoms with Gasteiger partial charge in [-0.2, -0.15) is 0 Å². The molecule has 0 atom stereocenters. The summed E-state index contributed by atoms with van der Waals surface area (Å²) in [6.45, 7) is 10.9. The summed E-state index contributed by atoms with van der Waals surface area (Å²) in [4.78, 5) is 7.02. The van der Waals surface area contributed by atoms with E-state index in [-0.39, 0.29) is 0 Å². The van der Waals surface area contributed by atoms with Crippen LogP contribution in [0.15, 0.2) is 24.8 Å². The molecule has 104 valence electrons. The van der Waals surface area contributed by atoms with E-state index in [2.05, 4.69) is 42.8 Å². The third-order valence-electron chi connectivity index (χ3n) is 3.51. The van der Waals surface area contributed by atoms with Gasteiger partial charge in [0, 0.05) is 31.4 Å². The summed E-state index contributed by atoms with van der Waals surface area (Å²) in [7, 11) is 0. The lowest BCUT2D eigenvalue weighted by Crippen LogP contribution is -2.25. The minimum atomic E-state index is 0.747. The van der Waals surface area contributed by atoms with Crippen LogP contribution in [0.25, 0.3) is 0 Å². The first-order chi connectivity index (χ1) is 9.24. The first kappa shape index (κ1) is 14.1. The van der Waals surface area contributed by atoms with E-state index in [0.717, 1.165) is 43.6 Å². The van der Waals surface area contributed by atoms with Gasteiger partial charge in [0.2, 0.25) is 0 Å². The fourth-order valence-electron chi connectivity index (χ4n) is 2.21. The van der Waals surface area contributed by atoms with Gasteiger partial charge >= 0.3 is 0 Å². The summed E-state index contributed by atoms with van der Waals surface area (Å²) in [5, 5.41) is 3.54. The van der Waals surface area contributed by atoms with Crippen LogP contribution in [0.5, 0.6) is 0 Å². The Kier molecular flexibility index (Phi) is 4.97. The average Bonchev–Trinajstić information content (AvgIpc) is 3.21. The number of hydrogen-bond donors (Lipinski definition) is 1. The molecule has 0 saturated heterocycles. The molecule has 1 aromatic rings. The Labute approximate surface area is 116 Å². The lowest BCUT2D eigenvalue weighted by Gasteiger charge is -2.22. The number of nitrogens with one attached hydrogen (secondary N) is 1. The lowest BCUT2D eigenvalue weighted by atomic mass is 10.2. The SMILES string of the molecule is C=CCN(CCC)c1ccc(CNC2CC2)c(C)n1. The lowest BCUT2D eigenvalue weighted by molar-refractivity contribution is 0.681. The summed E-state index contributed by atoms with van der Waals surface area (Å²) >= 11 is 0. The van der Waals surface area contributed by atoms with Crippen molar-refractivity contribution in [3.8, 4) is 0 Å². The molecular weight excluding hydrogens is 234 g/mol. The van der Waals surface area contributed by atoms with Crippen molar-refractivity contribution >= 4 is 5.82 Å².